The minimum Gasteiger partial charge on any atom is -0.344 e. The first kappa shape index (κ1) is 45.2. The maximum atomic E-state index is 16.1. The molecule has 2 aliphatic carbocycles. The summed E-state index contributed by atoms with van der Waals surface area (Å²) in [5.41, 5.74) is -3.83. The van der Waals surface area contributed by atoms with Crippen molar-refractivity contribution in [3.8, 4) is 17.1 Å². The minimum absolute atomic E-state index is 0.0825. The maximum absolute atomic E-state index is 16.1. The van der Waals surface area contributed by atoms with Gasteiger partial charge >= 0.3 is 5.92 Å². The predicted octanol–water partition coefficient (Wildman–Crippen LogP) is 8.06. The van der Waals surface area contributed by atoms with E-state index in [1.165, 1.54) is 42.7 Å². The molecule has 0 radical (unpaired) electrons. The zero-order valence-corrected chi connectivity index (χ0v) is 37.1. The van der Waals surface area contributed by atoms with Gasteiger partial charge in [-0.3, -0.25) is 31.8 Å². The molecular formula is C40H29ClF8IN11O4S. The Morgan fingerprint density at radius 3 is 2.38 bits per heavy atom. The van der Waals surface area contributed by atoms with Crippen LogP contribution in [0.5, 0.6) is 0 Å². The number of fused-ring (bicyclic) bond motifs is 5. The number of halogens is 10. The topological polar surface area (TPSA) is 195 Å². The summed E-state index contributed by atoms with van der Waals surface area (Å²) in [6.45, 7) is -2.30. The number of benzene rings is 3. The molecule has 344 valence electrons. The Morgan fingerprint density at radius 1 is 1.02 bits per heavy atom. The number of amides is 1. The van der Waals surface area contributed by atoms with E-state index in [4.69, 9.17) is 20.1 Å². The quantitative estimate of drug-likeness (QED) is 0.0549. The van der Waals surface area contributed by atoms with Crippen molar-refractivity contribution in [3.05, 3.63) is 122 Å². The van der Waals surface area contributed by atoms with E-state index in [0.717, 1.165) is 23.0 Å². The molecule has 26 heteroatoms. The molecule has 9 rings (SSSR count). The van der Waals surface area contributed by atoms with Crippen LogP contribution in [-0.2, 0) is 40.3 Å². The molecule has 4 aromatic heterocycles. The smallest absolute Gasteiger partial charge is 0.305 e. The molecule has 1 amide bonds. The van der Waals surface area contributed by atoms with Crippen LogP contribution in [0.3, 0.4) is 0 Å². The van der Waals surface area contributed by atoms with Gasteiger partial charge in [0.15, 0.2) is 11.6 Å². The third-order valence-corrected chi connectivity index (χ3v) is 14.8. The number of nitrogens with zero attached hydrogens (tertiary/aromatic N) is 8. The summed E-state index contributed by atoms with van der Waals surface area (Å²) < 4.78 is 154. The molecular weight excluding hydrogens is 1040 g/mol. The van der Waals surface area contributed by atoms with Gasteiger partial charge in [-0.15, -0.1) is 0 Å². The zero-order valence-electron chi connectivity index (χ0n) is 33.4. The Morgan fingerprint density at radius 2 is 1.73 bits per heavy atom. The highest BCUT2D eigenvalue weighted by molar-refractivity contribution is 14.2. The highest BCUT2D eigenvalue weighted by Crippen LogP contribution is 2.77. The van der Waals surface area contributed by atoms with Crippen LogP contribution in [0.2, 0.25) is 5.02 Å². The van der Waals surface area contributed by atoms with Gasteiger partial charge in [0.25, 0.3) is 18.4 Å². The normalized spacial score (nSPS) is 18.0. The lowest BCUT2D eigenvalue weighted by Crippen LogP contribution is -2.38. The second-order valence-corrected chi connectivity index (χ2v) is 20.1. The number of carbonyl (C=O) groups is 1. The molecule has 7 aromatic rings. The predicted molar refractivity (Wildman–Crippen MR) is 230 cm³/mol. The molecule has 2 unspecified atom stereocenters. The highest BCUT2D eigenvalue weighted by atomic mass is 127. The van der Waals surface area contributed by atoms with Crippen LogP contribution in [0, 0.1) is 15.2 Å². The van der Waals surface area contributed by atoms with Gasteiger partial charge < -0.3 is 5.32 Å². The number of sulfonamides is 1. The average molecular weight is 1070 g/mol. The molecule has 3 N–H and O–H groups in total. The van der Waals surface area contributed by atoms with Gasteiger partial charge in [-0.25, -0.2) is 49.7 Å². The van der Waals surface area contributed by atoms with Crippen molar-refractivity contribution < 1.29 is 48.3 Å². The van der Waals surface area contributed by atoms with Gasteiger partial charge in [0.1, 0.15) is 45.4 Å². The van der Waals surface area contributed by atoms with Gasteiger partial charge in [0.05, 0.1) is 44.8 Å². The number of carbonyl (C=O) groups excluding carboxylic acids is 1. The number of alkyl halides is 7. The maximum Gasteiger partial charge on any atom is 0.305 e. The molecule has 4 heterocycles. The van der Waals surface area contributed by atoms with Crippen molar-refractivity contribution in [3.63, 3.8) is 0 Å². The summed E-state index contributed by atoms with van der Waals surface area (Å²) in [7, 11) is -4.14. The van der Waals surface area contributed by atoms with Crippen molar-refractivity contribution >= 4 is 76.2 Å². The van der Waals surface area contributed by atoms with Gasteiger partial charge in [-0.2, -0.15) is 19.0 Å². The third-order valence-electron chi connectivity index (χ3n) is 11.1. The van der Waals surface area contributed by atoms with Crippen molar-refractivity contribution in [1.82, 2.24) is 44.4 Å². The summed E-state index contributed by atoms with van der Waals surface area (Å²) in [5, 5.41) is 9.73. The van der Waals surface area contributed by atoms with Crippen LogP contribution in [0.1, 0.15) is 53.1 Å². The summed E-state index contributed by atoms with van der Waals surface area (Å²) >= 11 is 4.63. The van der Waals surface area contributed by atoms with Gasteiger partial charge in [-0.05, 0) is 75.5 Å². The van der Waals surface area contributed by atoms with E-state index < -0.39 is 136 Å². The fourth-order valence-electron chi connectivity index (χ4n) is 8.48. The lowest BCUT2D eigenvalue weighted by atomic mass is 10.0. The highest BCUT2D eigenvalue weighted by Gasteiger charge is 2.78. The van der Waals surface area contributed by atoms with E-state index in [2.05, 4.69) is 30.2 Å². The molecule has 66 heavy (non-hydrogen) atoms. The molecule has 0 bridgehead atoms. The Labute approximate surface area is 381 Å². The van der Waals surface area contributed by atoms with Crippen molar-refractivity contribution in [2.24, 2.45) is 0 Å². The molecule has 3 aromatic carbocycles. The Hall–Kier alpha value is -5.96. The molecule has 2 aliphatic rings. The number of nitrogens with one attached hydrogen (secondary N) is 3. The van der Waals surface area contributed by atoms with E-state index in [9.17, 15) is 39.6 Å². The van der Waals surface area contributed by atoms with E-state index in [1.807, 2.05) is 0 Å². The van der Waals surface area contributed by atoms with Crippen LogP contribution >= 0.6 is 32.6 Å². The van der Waals surface area contributed by atoms with Crippen LogP contribution in [0.15, 0.2) is 71.8 Å². The van der Waals surface area contributed by atoms with E-state index in [0.29, 0.717) is 21.0 Å². The minimum atomic E-state index is -4.14. The second kappa shape index (κ2) is 16.4. The van der Waals surface area contributed by atoms with Crippen LogP contribution < -0.4 is 15.6 Å². The first-order valence-corrected chi connectivity index (χ1v) is 23.8. The standard InChI is InChI=1S/C40H29ClF8IN11O4S/c1-66(64,65)58-36-30-23(41)5-6-26(32(30)59(57-36)15-27(44)45)61-37(55-24-12-18(3-4-21(24)38(61)63)35-52-7-2-8-53-35)25(11-17-9-19(42)13-20(43)10-17)54-28(62)16-60-33-29(31(56-60)34(46)47)22-14-39(22,50-51)40(33,48)49/h2-10,12-13,22,25,27,34,51H,11,14-16H2,1H3,(H,54,62)(H,57,58)/t22?,25-,39?/m0/s1. The summed E-state index contributed by atoms with van der Waals surface area (Å²) in [5.74, 6) is -8.96. The Balaban J connectivity index is 1.28. The van der Waals surface area contributed by atoms with Gasteiger partial charge in [0.2, 0.25) is 15.9 Å². The SMILES string of the molecule is CS(=O)(=O)Nc1nn(CC(F)F)c2c(-n3c([C@H](Cc4cc(F)cc(F)c4)NC(=O)Cn4nc(C(F)F)c5c4C(F)(F)C4(I=N)CC54)nc4cc(-c5ncccn5)ccc4c3=O)ccc(Cl)c12. The molecule has 1 saturated carbocycles. The molecule has 1 fully saturated rings. The van der Waals surface area contributed by atoms with E-state index >= 15 is 13.6 Å². The number of hydrogen-bond acceptors (Lipinski definition) is 10. The Kier molecular flexibility index (Phi) is 11.3. The van der Waals surface area contributed by atoms with Crippen molar-refractivity contribution in [1.29, 1.82) is 3.56 Å². The van der Waals surface area contributed by atoms with Crippen LogP contribution in [-0.4, -0.2) is 69.5 Å². The number of anilines is 1. The number of hydrogen-bond donors (Lipinski definition) is 3. The molecule has 3 atom stereocenters. The van der Waals surface area contributed by atoms with E-state index in [1.54, 1.807) is 6.07 Å². The van der Waals surface area contributed by atoms with Gasteiger partial charge in [-0.1, -0.05) is 17.7 Å². The summed E-state index contributed by atoms with van der Waals surface area (Å²) in [4.78, 5) is 42.5. The molecule has 0 aliphatic heterocycles. The third kappa shape index (κ3) is 7.76. The molecule has 15 nitrogen and oxygen atoms in total. The lowest BCUT2D eigenvalue weighted by Gasteiger charge is -2.24. The first-order chi connectivity index (χ1) is 31.2. The fourth-order valence-corrected chi connectivity index (χ4v) is 11.2. The fraction of sp³-hybridized carbons (Fsp3) is 0.275. The largest absolute Gasteiger partial charge is 0.344 e. The summed E-state index contributed by atoms with van der Waals surface area (Å²) in [6, 6.07) is 8.81. The van der Waals surface area contributed by atoms with Gasteiger partial charge in [0, 0.05) is 41.9 Å². The molecule has 0 saturated heterocycles. The van der Waals surface area contributed by atoms with Crippen LogP contribution in [0.4, 0.5) is 40.9 Å². The summed E-state index contributed by atoms with van der Waals surface area (Å²) in [6.07, 6.45) is -3.59. The first-order valence-electron chi connectivity index (χ1n) is 19.3. The van der Waals surface area contributed by atoms with Crippen molar-refractivity contribution in [2.45, 2.75) is 60.1 Å². The lowest BCUT2D eigenvalue weighted by molar-refractivity contribution is -0.123. The second-order valence-electron chi connectivity index (χ2n) is 15.5. The molecule has 0 spiro atoms. The average Bonchev–Trinajstić information content (AvgIpc) is 3.65. The van der Waals surface area contributed by atoms with E-state index in [-0.39, 0.29) is 50.3 Å². The monoisotopic (exact) mass is 1070 g/mol. The van der Waals surface area contributed by atoms with Crippen LogP contribution in [0.25, 0.3) is 38.9 Å². The number of rotatable bonds is 14. The zero-order chi connectivity index (χ0) is 47.2. The van der Waals surface area contributed by atoms with Crippen molar-refractivity contribution in [2.75, 3.05) is 11.0 Å². The Bertz CT molecular complexity index is 3320. The number of aromatic nitrogens is 8.